The Morgan fingerprint density at radius 3 is 2.67 bits per heavy atom. The molecule has 2 heteroatoms. The molecule has 0 saturated carbocycles. The average molecular weight is 168 g/mol. The van der Waals surface area contributed by atoms with Crippen molar-refractivity contribution in [2.24, 2.45) is 11.3 Å². The Morgan fingerprint density at radius 1 is 1.67 bits per heavy atom. The van der Waals surface area contributed by atoms with E-state index in [4.69, 9.17) is 5.11 Å². The van der Waals surface area contributed by atoms with Gasteiger partial charge in [0, 0.05) is 0 Å². The Bertz CT molecular complexity index is 226. The molecule has 68 valence electrons. The maximum atomic E-state index is 10.8. The number of carbonyl (C=O) groups is 1. The molecular weight excluding hydrogens is 152 g/mol. The van der Waals surface area contributed by atoms with Crippen LogP contribution in [0.25, 0.3) is 0 Å². The van der Waals surface area contributed by atoms with E-state index in [2.05, 4.69) is 13.0 Å². The van der Waals surface area contributed by atoms with Crippen LogP contribution in [0.4, 0.5) is 0 Å². The first-order chi connectivity index (χ1) is 5.43. The zero-order valence-corrected chi connectivity index (χ0v) is 7.92. The average Bonchev–Trinajstić information content (AvgIpc) is 1.82. The number of carboxylic acid groups (broad SMARTS) is 1. The molecule has 0 radical (unpaired) electrons. The number of hydrogen-bond acceptors (Lipinski definition) is 1. The van der Waals surface area contributed by atoms with Crippen molar-refractivity contribution in [3.63, 3.8) is 0 Å². The zero-order chi connectivity index (χ0) is 9.35. The van der Waals surface area contributed by atoms with Crippen molar-refractivity contribution >= 4 is 5.97 Å². The van der Waals surface area contributed by atoms with Crippen LogP contribution < -0.4 is 0 Å². The van der Waals surface area contributed by atoms with Crippen LogP contribution in [-0.2, 0) is 4.79 Å². The number of aliphatic carboxylic acids is 1. The van der Waals surface area contributed by atoms with Gasteiger partial charge in [-0.15, -0.1) is 0 Å². The number of rotatable bonds is 1. The van der Waals surface area contributed by atoms with Crippen LogP contribution in [0, 0.1) is 11.3 Å². The van der Waals surface area contributed by atoms with Gasteiger partial charge < -0.3 is 5.11 Å². The van der Waals surface area contributed by atoms with E-state index in [1.165, 1.54) is 5.57 Å². The van der Waals surface area contributed by atoms with Gasteiger partial charge >= 0.3 is 5.97 Å². The van der Waals surface area contributed by atoms with Crippen molar-refractivity contribution in [3.05, 3.63) is 11.6 Å². The van der Waals surface area contributed by atoms with Crippen molar-refractivity contribution in [3.8, 4) is 0 Å². The molecular formula is C10H16O2. The van der Waals surface area contributed by atoms with Crippen LogP contribution in [-0.4, -0.2) is 11.1 Å². The van der Waals surface area contributed by atoms with Crippen LogP contribution in [0.2, 0.25) is 0 Å². The maximum Gasteiger partial charge on any atom is 0.307 e. The fraction of sp³-hybridized carbons (Fsp3) is 0.700. The lowest BCUT2D eigenvalue weighted by Crippen LogP contribution is -2.32. The Morgan fingerprint density at radius 2 is 2.25 bits per heavy atom. The Hall–Kier alpha value is -0.790. The smallest absolute Gasteiger partial charge is 0.307 e. The third-order valence-corrected chi connectivity index (χ3v) is 2.64. The molecule has 0 spiro atoms. The van der Waals surface area contributed by atoms with E-state index in [0.29, 0.717) is 0 Å². The highest BCUT2D eigenvalue weighted by molar-refractivity contribution is 5.71. The van der Waals surface area contributed by atoms with Crippen molar-refractivity contribution in [1.82, 2.24) is 0 Å². The molecule has 0 aromatic heterocycles. The third-order valence-electron chi connectivity index (χ3n) is 2.64. The standard InChI is InChI=1S/C10H16O2/c1-7-4-5-8(9(11)12)10(2,3)6-7/h6,8H,4-5H2,1-3H3,(H,11,12)/t8-/m1/s1. The fourth-order valence-corrected chi connectivity index (χ4v) is 1.99. The predicted octanol–water partition coefficient (Wildman–Crippen LogP) is 2.45. The van der Waals surface area contributed by atoms with E-state index >= 15 is 0 Å². The monoisotopic (exact) mass is 168 g/mol. The van der Waals surface area contributed by atoms with Gasteiger partial charge in [0.05, 0.1) is 5.92 Å². The summed E-state index contributed by atoms with van der Waals surface area (Å²) in [6.07, 6.45) is 3.81. The summed E-state index contributed by atoms with van der Waals surface area (Å²) in [6, 6.07) is 0. The lowest BCUT2D eigenvalue weighted by atomic mass is 9.71. The van der Waals surface area contributed by atoms with Gasteiger partial charge in [-0.1, -0.05) is 25.5 Å². The molecule has 12 heavy (non-hydrogen) atoms. The first-order valence-corrected chi connectivity index (χ1v) is 4.34. The molecule has 0 aromatic rings. The molecule has 2 nitrogen and oxygen atoms in total. The summed E-state index contributed by atoms with van der Waals surface area (Å²) in [5, 5.41) is 8.93. The van der Waals surface area contributed by atoms with Crippen molar-refractivity contribution in [2.75, 3.05) is 0 Å². The molecule has 1 aliphatic rings. The highest BCUT2D eigenvalue weighted by Gasteiger charge is 2.35. The summed E-state index contributed by atoms with van der Waals surface area (Å²) in [7, 11) is 0. The van der Waals surface area contributed by atoms with Crippen LogP contribution in [0.1, 0.15) is 33.6 Å². The minimum absolute atomic E-state index is 0.172. The molecule has 1 rings (SSSR count). The van der Waals surface area contributed by atoms with Gasteiger partial charge in [-0.2, -0.15) is 0 Å². The first kappa shape index (κ1) is 9.30. The summed E-state index contributed by atoms with van der Waals surface area (Å²) in [6.45, 7) is 6.06. The van der Waals surface area contributed by atoms with Gasteiger partial charge in [-0.25, -0.2) is 0 Å². The van der Waals surface area contributed by atoms with Gasteiger partial charge in [0.25, 0.3) is 0 Å². The quantitative estimate of drug-likeness (QED) is 0.610. The number of hydrogen-bond donors (Lipinski definition) is 1. The van der Waals surface area contributed by atoms with E-state index in [1.807, 2.05) is 13.8 Å². The van der Waals surface area contributed by atoms with Crippen LogP contribution in [0.5, 0.6) is 0 Å². The minimum Gasteiger partial charge on any atom is -0.481 e. The molecule has 0 fully saturated rings. The first-order valence-electron chi connectivity index (χ1n) is 4.34. The van der Waals surface area contributed by atoms with E-state index in [0.717, 1.165) is 12.8 Å². The van der Waals surface area contributed by atoms with Gasteiger partial charge in [0.2, 0.25) is 0 Å². The second-order valence-electron chi connectivity index (χ2n) is 4.24. The van der Waals surface area contributed by atoms with Gasteiger partial charge in [-0.05, 0) is 25.2 Å². The van der Waals surface area contributed by atoms with Gasteiger partial charge in [-0.3, -0.25) is 4.79 Å². The van der Waals surface area contributed by atoms with E-state index < -0.39 is 5.97 Å². The van der Waals surface area contributed by atoms with Gasteiger partial charge in [0.1, 0.15) is 0 Å². The zero-order valence-electron chi connectivity index (χ0n) is 7.92. The summed E-state index contributed by atoms with van der Waals surface area (Å²) >= 11 is 0. The topological polar surface area (TPSA) is 37.3 Å². The normalized spacial score (nSPS) is 27.9. The highest BCUT2D eigenvalue weighted by atomic mass is 16.4. The second-order valence-corrected chi connectivity index (χ2v) is 4.24. The van der Waals surface area contributed by atoms with E-state index in [-0.39, 0.29) is 11.3 Å². The molecule has 0 saturated heterocycles. The molecule has 1 atom stereocenters. The van der Waals surface area contributed by atoms with Crippen LogP contribution >= 0.6 is 0 Å². The SMILES string of the molecule is CC1=CC(C)(C)[C@@H](C(=O)O)CC1. The molecule has 0 bridgehead atoms. The molecule has 1 N–H and O–H groups in total. The van der Waals surface area contributed by atoms with E-state index in [9.17, 15) is 4.79 Å². The molecule has 0 unspecified atom stereocenters. The molecule has 0 heterocycles. The summed E-state index contributed by atoms with van der Waals surface area (Å²) in [4.78, 5) is 10.8. The van der Waals surface area contributed by atoms with Crippen molar-refractivity contribution in [2.45, 2.75) is 33.6 Å². The van der Waals surface area contributed by atoms with Crippen LogP contribution in [0.3, 0.4) is 0 Å². The third kappa shape index (κ3) is 1.68. The lowest BCUT2D eigenvalue weighted by molar-refractivity contribution is -0.145. The highest BCUT2D eigenvalue weighted by Crippen LogP contribution is 2.38. The molecule has 0 aromatic carbocycles. The Labute approximate surface area is 73.3 Å². The van der Waals surface area contributed by atoms with Crippen molar-refractivity contribution < 1.29 is 9.90 Å². The fourth-order valence-electron chi connectivity index (χ4n) is 1.99. The summed E-state index contributed by atoms with van der Waals surface area (Å²) in [5.74, 6) is -0.870. The number of allylic oxidation sites excluding steroid dienone is 2. The number of carboxylic acids is 1. The lowest BCUT2D eigenvalue weighted by Gasteiger charge is -2.33. The summed E-state index contributed by atoms with van der Waals surface area (Å²) in [5.41, 5.74) is 1.14. The second kappa shape index (κ2) is 2.92. The largest absolute Gasteiger partial charge is 0.481 e. The van der Waals surface area contributed by atoms with Crippen LogP contribution in [0.15, 0.2) is 11.6 Å². The molecule has 0 amide bonds. The Balaban J connectivity index is 2.89. The minimum atomic E-state index is -0.663. The Kier molecular flexibility index (Phi) is 2.27. The predicted molar refractivity (Wildman–Crippen MR) is 47.9 cm³/mol. The molecule has 1 aliphatic carbocycles. The molecule has 0 aliphatic heterocycles. The van der Waals surface area contributed by atoms with Gasteiger partial charge in [0.15, 0.2) is 0 Å². The van der Waals surface area contributed by atoms with Crippen molar-refractivity contribution in [1.29, 1.82) is 0 Å². The maximum absolute atomic E-state index is 10.8. The summed E-state index contributed by atoms with van der Waals surface area (Å²) < 4.78 is 0. The van der Waals surface area contributed by atoms with E-state index in [1.54, 1.807) is 0 Å².